The number of fused-ring (bicyclic) bond motifs is 5. The molecule has 3 heterocycles. The first-order chi connectivity index (χ1) is 17.0. The number of methoxy groups -OCH3 is 1. The van der Waals surface area contributed by atoms with Gasteiger partial charge in [-0.05, 0) is 60.5 Å². The van der Waals surface area contributed by atoms with Gasteiger partial charge in [0.15, 0.2) is 5.78 Å². The number of ketones is 1. The molecule has 3 aromatic carbocycles. The Bertz CT molecular complexity index is 1380. The third-order valence-electron chi connectivity index (χ3n) is 7.40. The maximum Gasteiger partial charge on any atom is 0.240 e. The number of carbonyl (C=O) groups excluding carboxylic acids is 3. The summed E-state index contributed by atoms with van der Waals surface area (Å²) >= 11 is 0. The number of anilines is 1. The van der Waals surface area contributed by atoms with Gasteiger partial charge < -0.3 is 9.64 Å². The first kappa shape index (κ1) is 21.4. The van der Waals surface area contributed by atoms with Crippen LogP contribution in [0.1, 0.15) is 33.1 Å². The molecular weight excluding hydrogens is 440 g/mol. The monoisotopic (exact) mass is 464 g/mol. The van der Waals surface area contributed by atoms with Crippen LogP contribution in [0.2, 0.25) is 0 Å². The molecule has 3 aliphatic rings. The summed E-state index contributed by atoms with van der Waals surface area (Å²) in [5, 5.41) is 0. The molecule has 0 saturated carbocycles. The summed E-state index contributed by atoms with van der Waals surface area (Å²) < 4.78 is 5.23. The van der Waals surface area contributed by atoms with Crippen LogP contribution < -0.4 is 9.64 Å². The topological polar surface area (TPSA) is 66.9 Å². The lowest BCUT2D eigenvalue weighted by Crippen LogP contribution is -2.44. The Kier molecular flexibility index (Phi) is 4.85. The number of amides is 2. The molecule has 0 spiro atoms. The highest BCUT2D eigenvalue weighted by Crippen LogP contribution is 2.53. The summed E-state index contributed by atoms with van der Waals surface area (Å²) in [5.41, 5.74) is 4.03. The van der Waals surface area contributed by atoms with E-state index < -0.39 is 17.9 Å². The average Bonchev–Trinajstić information content (AvgIpc) is 3.37. The van der Waals surface area contributed by atoms with Gasteiger partial charge in [0.05, 0.1) is 30.7 Å². The zero-order chi connectivity index (χ0) is 24.3. The van der Waals surface area contributed by atoms with Crippen LogP contribution >= 0.6 is 0 Å². The van der Waals surface area contributed by atoms with Gasteiger partial charge in [-0.1, -0.05) is 42.0 Å². The summed E-state index contributed by atoms with van der Waals surface area (Å²) in [6.45, 7) is 1.96. The average molecular weight is 465 g/mol. The van der Waals surface area contributed by atoms with Gasteiger partial charge in [0, 0.05) is 11.8 Å². The van der Waals surface area contributed by atoms with Crippen LogP contribution in [0.5, 0.6) is 5.75 Å². The fourth-order valence-corrected chi connectivity index (χ4v) is 5.73. The number of hydrogen-bond donors (Lipinski definition) is 0. The van der Waals surface area contributed by atoms with Gasteiger partial charge in [-0.25, -0.2) is 4.90 Å². The smallest absolute Gasteiger partial charge is 0.240 e. The summed E-state index contributed by atoms with van der Waals surface area (Å²) in [4.78, 5) is 44.8. The predicted molar refractivity (Wildman–Crippen MR) is 132 cm³/mol. The Morgan fingerprint density at radius 2 is 1.54 bits per heavy atom. The van der Waals surface area contributed by atoms with Crippen molar-refractivity contribution in [3.05, 3.63) is 101 Å². The van der Waals surface area contributed by atoms with Gasteiger partial charge in [-0.15, -0.1) is 0 Å². The quantitative estimate of drug-likeness (QED) is 0.423. The molecular formula is C29H24N2O4. The molecule has 0 radical (unpaired) electrons. The van der Waals surface area contributed by atoms with Crippen molar-refractivity contribution in [3.63, 3.8) is 0 Å². The van der Waals surface area contributed by atoms with Gasteiger partial charge in [-0.3, -0.25) is 14.4 Å². The molecule has 4 atom stereocenters. The molecule has 35 heavy (non-hydrogen) atoms. The molecule has 6 heteroatoms. The summed E-state index contributed by atoms with van der Waals surface area (Å²) in [5.74, 6) is -1.54. The van der Waals surface area contributed by atoms with E-state index in [-0.39, 0.29) is 23.6 Å². The minimum Gasteiger partial charge on any atom is -0.497 e. The minimum atomic E-state index is -0.783. The van der Waals surface area contributed by atoms with Crippen molar-refractivity contribution < 1.29 is 19.1 Å². The number of carbonyl (C=O) groups is 3. The number of rotatable bonds is 4. The van der Waals surface area contributed by atoms with E-state index in [0.717, 1.165) is 16.7 Å². The van der Waals surface area contributed by atoms with E-state index in [2.05, 4.69) is 0 Å². The second-order valence-electron chi connectivity index (χ2n) is 9.27. The Balaban J connectivity index is 1.47. The van der Waals surface area contributed by atoms with Crippen molar-refractivity contribution in [2.75, 3.05) is 12.0 Å². The first-order valence-electron chi connectivity index (χ1n) is 11.7. The summed E-state index contributed by atoms with van der Waals surface area (Å²) in [7, 11) is 1.57. The standard InChI is InChI=1S/C29H24N2O4/c1-17-7-11-20(12-8-17)31-28(33)23-24(29(31)34)26(27(32)19-9-13-21(35-2)14-10-19)30-16-15-18-5-3-4-6-22(18)25(23)30/h3-16,23-26H,1-2H3/t23-,24+,25+,26-/m0/s1. The number of benzene rings is 3. The lowest BCUT2D eigenvalue weighted by molar-refractivity contribution is -0.123. The van der Waals surface area contributed by atoms with Crippen LogP contribution in [0, 0.1) is 18.8 Å². The third-order valence-corrected chi connectivity index (χ3v) is 7.40. The highest BCUT2D eigenvalue weighted by atomic mass is 16.5. The first-order valence-corrected chi connectivity index (χ1v) is 11.7. The molecule has 6 rings (SSSR count). The number of Topliss-reactive ketones (excluding diaryl/α,β-unsaturated/α-hetero) is 1. The number of imide groups is 1. The largest absolute Gasteiger partial charge is 0.497 e. The molecule has 0 unspecified atom stereocenters. The fraction of sp³-hybridized carbons (Fsp3) is 0.207. The van der Waals surface area contributed by atoms with Crippen molar-refractivity contribution in [1.82, 2.24) is 4.90 Å². The van der Waals surface area contributed by atoms with Crippen molar-refractivity contribution in [1.29, 1.82) is 0 Å². The van der Waals surface area contributed by atoms with Gasteiger partial charge >= 0.3 is 0 Å². The Morgan fingerprint density at radius 1 is 0.857 bits per heavy atom. The second-order valence-corrected chi connectivity index (χ2v) is 9.27. The van der Waals surface area contributed by atoms with Crippen molar-refractivity contribution in [3.8, 4) is 5.75 Å². The van der Waals surface area contributed by atoms with Crippen LogP contribution in [0.3, 0.4) is 0 Å². The van der Waals surface area contributed by atoms with E-state index in [1.54, 1.807) is 43.5 Å². The molecule has 2 fully saturated rings. The molecule has 3 aliphatic heterocycles. The van der Waals surface area contributed by atoms with Gasteiger partial charge in [0.1, 0.15) is 11.8 Å². The Morgan fingerprint density at radius 3 is 2.26 bits per heavy atom. The lowest BCUT2D eigenvalue weighted by Gasteiger charge is -2.35. The second kappa shape index (κ2) is 7.94. The van der Waals surface area contributed by atoms with E-state index in [4.69, 9.17) is 4.74 Å². The van der Waals surface area contributed by atoms with Gasteiger partial charge in [0.25, 0.3) is 0 Å². The normalized spacial score (nSPS) is 24.3. The fourth-order valence-electron chi connectivity index (χ4n) is 5.73. The molecule has 6 nitrogen and oxygen atoms in total. The SMILES string of the molecule is COc1ccc(C(=O)[C@@H]2[C@@H]3C(=O)N(c4ccc(C)cc4)C(=O)[C@@H]3[C@H]3c4ccccc4C=CN23)cc1. The van der Waals surface area contributed by atoms with Crippen LogP contribution in [0.15, 0.2) is 79.0 Å². The maximum atomic E-state index is 13.9. The summed E-state index contributed by atoms with van der Waals surface area (Å²) in [6, 6.07) is 20.9. The van der Waals surface area contributed by atoms with Gasteiger partial charge in [-0.2, -0.15) is 0 Å². The van der Waals surface area contributed by atoms with E-state index in [1.165, 1.54) is 4.90 Å². The number of nitrogens with zero attached hydrogens (tertiary/aromatic N) is 2. The molecule has 0 aliphatic carbocycles. The minimum absolute atomic E-state index is 0.180. The Hall–Kier alpha value is -4.19. The van der Waals surface area contributed by atoms with Crippen molar-refractivity contribution in [2.24, 2.45) is 11.8 Å². The van der Waals surface area contributed by atoms with Crippen LogP contribution in [-0.2, 0) is 9.59 Å². The molecule has 0 N–H and O–H groups in total. The highest BCUT2D eigenvalue weighted by molar-refractivity contribution is 6.24. The molecule has 2 amide bonds. The molecule has 174 valence electrons. The molecule has 3 aromatic rings. The zero-order valence-electron chi connectivity index (χ0n) is 19.4. The number of ether oxygens (including phenoxy) is 1. The third kappa shape index (κ3) is 3.13. The maximum absolute atomic E-state index is 13.9. The zero-order valence-corrected chi connectivity index (χ0v) is 19.4. The van der Waals surface area contributed by atoms with Crippen LogP contribution in [-0.4, -0.2) is 35.6 Å². The highest BCUT2D eigenvalue weighted by Gasteiger charge is 2.64. The van der Waals surface area contributed by atoms with Crippen LogP contribution in [0.4, 0.5) is 5.69 Å². The van der Waals surface area contributed by atoms with E-state index >= 15 is 0 Å². The molecule has 0 bridgehead atoms. The van der Waals surface area contributed by atoms with Gasteiger partial charge in [0.2, 0.25) is 11.8 Å². The van der Waals surface area contributed by atoms with Crippen molar-refractivity contribution >= 4 is 29.4 Å². The number of hydrogen-bond acceptors (Lipinski definition) is 5. The Labute approximate surface area is 203 Å². The van der Waals surface area contributed by atoms with E-state index in [9.17, 15) is 14.4 Å². The summed E-state index contributed by atoms with van der Waals surface area (Å²) in [6.07, 6.45) is 3.82. The molecule has 0 aromatic heterocycles. The van der Waals surface area contributed by atoms with E-state index in [0.29, 0.717) is 17.0 Å². The lowest BCUT2D eigenvalue weighted by atomic mass is 9.83. The van der Waals surface area contributed by atoms with Crippen molar-refractivity contribution in [2.45, 2.75) is 19.0 Å². The predicted octanol–water partition coefficient (Wildman–Crippen LogP) is 4.40. The van der Waals surface area contributed by atoms with Crippen LogP contribution in [0.25, 0.3) is 6.08 Å². The van der Waals surface area contributed by atoms with E-state index in [1.807, 2.05) is 60.5 Å². The molecule has 2 saturated heterocycles. The number of aryl methyl sites for hydroxylation is 1.